The van der Waals surface area contributed by atoms with Gasteiger partial charge in [0.1, 0.15) is 5.75 Å². The lowest BCUT2D eigenvalue weighted by atomic mass is 9.91. The largest absolute Gasteiger partial charge is 0.496 e. The van der Waals surface area contributed by atoms with Crippen LogP contribution in [0.3, 0.4) is 0 Å². The average Bonchev–Trinajstić information content (AvgIpc) is 3.00. The van der Waals surface area contributed by atoms with Gasteiger partial charge >= 0.3 is 5.97 Å². The van der Waals surface area contributed by atoms with Crippen molar-refractivity contribution in [3.63, 3.8) is 0 Å². The lowest BCUT2D eigenvalue weighted by Gasteiger charge is -2.18. The normalized spacial score (nSPS) is 19.8. The third-order valence-electron chi connectivity index (χ3n) is 4.11. The molecule has 1 aromatic carbocycles. The molecule has 0 unspecified atom stereocenters. The molecule has 17 heavy (non-hydrogen) atoms. The molecule has 1 fully saturated rings. The summed E-state index contributed by atoms with van der Waals surface area (Å²) in [6, 6.07) is 4.05. The second kappa shape index (κ2) is 3.49. The maximum absolute atomic E-state index is 11.4. The molecule has 0 radical (unpaired) electrons. The monoisotopic (exact) mass is 232 g/mol. The van der Waals surface area contributed by atoms with Crippen LogP contribution >= 0.6 is 0 Å². The highest BCUT2D eigenvalue weighted by Gasteiger charge is 2.53. The Labute approximate surface area is 100 Å². The summed E-state index contributed by atoms with van der Waals surface area (Å²) in [5, 5.41) is 9.37. The number of methoxy groups -OCH3 is 1. The fourth-order valence-electron chi connectivity index (χ4n) is 2.97. The Morgan fingerprint density at radius 1 is 1.35 bits per heavy atom. The molecule has 0 saturated heterocycles. The van der Waals surface area contributed by atoms with Crippen LogP contribution in [-0.2, 0) is 23.1 Å². The van der Waals surface area contributed by atoms with E-state index in [4.69, 9.17) is 4.74 Å². The van der Waals surface area contributed by atoms with Crippen LogP contribution in [-0.4, -0.2) is 18.2 Å². The molecule has 1 aromatic rings. The van der Waals surface area contributed by atoms with Gasteiger partial charge in [-0.2, -0.15) is 0 Å². The van der Waals surface area contributed by atoms with Gasteiger partial charge in [-0.05, 0) is 43.2 Å². The molecular formula is C14H16O3. The minimum atomic E-state index is -0.714. The zero-order valence-electron chi connectivity index (χ0n) is 9.95. The molecule has 3 nitrogen and oxygen atoms in total. The molecular weight excluding hydrogens is 216 g/mol. The molecule has 0 bridgehead atoms. The summed E-state index contributed by atoms with van der Waals surface area (Å²) in [7, 11) is 1.65. The van der Waals surface area contributed by atoms with Crippen molar-refractivity contribution in [3.8, 4) is 5.75 Å². The molecule has 2 aliphatic carbocycles. The molecule has 3 heteroatoms. The SMILES string of the molecule is COc1c(C2(C(=O)O)CC2)ccc2c1CCC2. The van der Waals surface area contributed by atoms with Crippen LogP contribution in [0.25, 0.3) is 0 Å². The van der Waals surface area contributed by atoms with Crippen molar-refractivity contribution in [1.29, 1.82) is 0 Å². The fourth-order valence-corrected chi connectivity index (χ4v) is 2.97. The Kier molecular flexibility index (Phi) is 2.18. The number of carbonyl (C=O) groups is 1. The Balaban J connectivity index is 2.15. The van der Waals surface area contributed by atoms with Gasteiger partial charge in [0.2, 0.25) is 0 Å². The molecule has 90 valence electrons. The number of ether oxygens (including phenoxy) is 1. The van der Waals surface area contributed by atoms with E-state index in [1.165, 1.54) is 11.1 Å². The van der Waals surface area contributed by atoms with Crippen LogP contribution < -0.4 is 4.74 Å². The Bertz CT molecular complexity index is 486. The highest BCUT2D eigenvalue weighted by Crippen LogP contribution is 2.53. The first-order chi connectivity index (χ1) is 8.19. The highest BCUT2D eigenvalue weighted by molar-refractivity contribution is 5.86. The average molecular weight is 232 g/mol. The van der Waals surface area contributed by atoms with E-state index >= 15 is 0 Å². The van der Waals surface area contributed by atoms with Gasteiger partial charge in [0.05, 0.1) is 12.5 Å². The number of rotatable bonds is 3. The molecule has 1 saturated carbocycles. The van der Waals surface area contributed by atoms with Crippen LogP contribution in [0.2, 0.25) is 0 Å². The smallest absolute Gasteiger partial charge is 0.314 e. The molecule has 1 N–H and O–H groups in total. The van der Waals surface area contributed by atoms with Gasteiger partial charge in [0.15, 0.2) is 0 Å². The minimum absolute atomic E-state index is 0.664. The summed E-state index contributed by atoms with van der Waals surface area (Å²) in [5.74, 6) is 0.119. The fraction of sp³-hybridized carbons (Fsp3) is 0.500. The number of carboxylic acid groups (broad SMARTS) is 1. The lowest BCUT2D eigenvalue weighted by Crippen LogP contribution is -2.20. The molecule has 3 rings (SSSR count). The molecule has 0 aliphatic heterocycles. The third kappa shape index (κ3) is 1.38. The first-order valence-corrected chi connectivity index (χ1v) is 6.12. The van der Waals surface area contributed by atoms with Gasteiger partial charge in [-0.1, -0.05) is 12.1 Å². The van der Waals surface area contributed by atoms with Crippen LogP contribution in [0.15, 0.2) is 12.1 Å². The van der Waals surface area contributed by atoms with Gasteiger partial charge in [-0.3, -0.25) is 4.79 Å². The van der Waals surface area contributed by atoms with Crippen molar-refractivity contribution in [3.05, 3.63) is 28.8 Å². The number of aliphatic carboxylic acids is 1. The highest BCUT2D eigenvalue weighted by atomic mass is 16.5. The number of fused-ring (bicyclic) bond motifs is 1. The standard InChI is InChI=1S/C14H16O3/c1-17-12-10-4-2-3-9(10)5-6-11(12)14(7-8-14)13(15)16/h5-6H,2-4,7-8H2,1H3,(H,15,16). The predicted molar refractivity (Wildman–Crippen MR) is 63.6 cm³/mol. The van der Waals surface area contributed by atoms with Crippen molar-refractivity contribution in [1.82, 2.24) is 0 Å². The van der Waals surface area contributed by atoms with Crippen LogP contribution in [0.5, 0.6) is 5.75 Å². The zero-order chi connectivity index (χ0) is 12.0. The van der Waals surface area contributed by atoms with Gasteiger partial charge in [-0.15, -0.1) is 0 Å². The van der Waals surface area contributed by atoms with E-state index in [-0.39, 0.29) is 0 Å². The Morgan fingerprint density at radius 3 is 2.71 bits per heavy atom. The second-order valence-corrected chi connectivity index (χ2v) is 5.02. The lowest BCUT2D eigenvalue weighted by molar-refractivity contribution is -0.140. The topological polar surface area (TPSA) is 46.5 Å². The van der Waals surface area contributed by atoms with E-state index in [0.29, 0.717) is 0 Å². The van der Waals surface area contributed by atoms with Gasteiger partial charge in [0.25, 0.3) is 0 Å². The molecule has 2 aliphatic rings. The second-order valence-electron chi connectivity index (χ2n) is 5.02. The van der Waals surface area contributed by atoms with Crippen molar-refractivity contribution in [2.75, 3.05) is 7.11 Å². The van der Waals surface area contributed by atoms with E-state index in [1.54, 1.807) is 7.11 Å². The van der Waals surface area contributed by atoms with E-state index in [9.17, 15) is 9.90 Å². The van der Waals surface area contributed by atoms with Crippen molar-refractivity contribution < 1.29 is 14.6 Å². The van der Waals surface area contributed by atoms with E-state index in [2.05, 4.69) is 6.07 Å². The first kappa shape index (κ1) is 10.6. The molecule has 0 amide bonds. The van der Waals surface area contributed by atoms with Crippen LogP contribution in [0.1, 0.15) is 36.0 Å². The summed E-state index contributed by atoms with van der Waals surface area (Å²) in [6.07, 6.45) is 4.72. The van der Waals surface area contributed by atoms with E-state index in [1.807, 2.05) is 6.07 Å². The molecule has 0 spiro atoms. The minimum Gasteiger partial charge on any atom is -0.496 e. The summed E-state index contributed by atoms with van der Waals surface area (Å²) in [4.78, 5) is 11.4. The summed E-state index contributed by atoms with van der Waals surface area (Å²) >= 11 is 0. The van der Waals surface area contributed by atoms with Crippen molar-refractivity contribution >= 4 is 5.97 Å². The van der Waals surface area contributed by atoms with E-state index in [0.717, 1.165) is 43.4 Å². The number of hydrogen-bond donors (Lipinski definition) is 1. The summed E-state index contributed by atoms with van der Waals surface area (Å²) < 4.78 is 5.50. The summed E-state index contributed by atoms with van der Waals surface area (Å²) in [5.41, 5.74) is 2.78. The molecule has 0 heterocycles. The third-order valence-corrected chi connectivity index (χ3v) is 4.11. The van der Waals surface area contributed by atoms with E-state index < -0.39 is 11.4 Å². The Morgan fingerprint density at radius 2 is 2.12 bits per heavy atom. The number of carboxylic acids is 1. The van der Waals surface area contributed by atoms with Gasteiger partial charge in [-0.25, -0.2) is 0 Å². The van der Waals surface area contributed by atoms with Gasteiger partial charge in [0, 0.05) is 5.56 Å². The molecule has 0 atom stereocenters. The van der Waals surface area contributed by atoms with Crippen molar-refractivity contribution in [2.45, 2.75) is 37.5 Å². The first-order valence-electron chi connectivity index (χ1n) is 6.12. The molecule has 0 aromatic heterocycles. The van der Waals surface area contributed by atoms with Crippen LogP contribution in [0.4, 0.5) is 0 Å². The van der Waals surface area contributed by atoms with Crippen molar-refractivity contribution in [2.24, 2.45) is 0 Å². The summed E-state index contributed by atoms with van der Waals surface area (Å²) in [6.45, 7) is 0. The Hall–Kier alpha value is -1.51. The maximum Gasteiger partial charge on any atom is 0.314 e. The zero-order valence-corrected chi connectivity index (χ0v) is 9.95. The predicted octanol–water partition coefficient (Wildman–Crippen LogP) is 2.30. The number of benzene rings is 1. The van der Waals surface area contributed by atoms with Crippen LogP contribution in [0, 0.1) is 0 Å². The van der Waals surface area contributed by atoms with Gasteiger partial charge < -0.3 is 9.84 Å². The maximum atomic E-state index is 11.4. The number of hydrogen-bond acceptors (Lipinski definition) is 2. The quantitative estimate of drug-likeness (QED) is 0.869. The number of aryl methyl sites for hydroxylation is 1.